The molecule has 2 heteroatoms. The van der Waals surface area contributed by atoms with Gasteiger partial charge in [-0.1, -0.05) is 12.7 Å². The number of aryl methyl sites for hydroxylation is 1. The van der Waals surface area contributed by atoms with Gasteiger partial charge < -0.3 is 4.98 Å². The number of nitrogens with one attached hydrogen (secondary N) is 1. The van der Waals surface area contributed by atoms with Gasteiger partial charge in [-0.05, 0) is 19.1 Å². The van der Waals surface area contributed by atoms with Gasteiger partial charge in [0.2, 0.25) is 0 Å². The van der Waals surface area contributed by atoms with Gasteiger partial charge in [-0.15, -0.1) is 0 Å². The molecule has 0 atom stereocenters. The Hall–Kier alpha value is -1.31. The van der Waals surface area contributed by atoms with E-state index in [1.807, 2.05) is 13.0 Å². The Kier molecular flexibility index (Phi) is 1.71. The molecule has 0 saturated carbocycles. The van der Waals surface area contributed by atoms with Crippen molar-refractivity contribution in [2.24, 2.45) is 0 Å². The summed E-state index contributed by atoms with van der Waals surface area (Å²) < 4.78 is 0. The van der Waals surface area contributed by atoms with Gasteiger partial charge in [0.15, 0.2) is 0 Å². The number of rotatable bonds is 1. The van der Waals surface area contributed by atoms with Crippen molar-refractivity contribution in [2.45, 2.75) is 6.92 Å². The first-order valence-electron chi connectivity index (χ1n) is 3.06. The second kappa shape index (κ2) is 2.52. The van der Waals surface area contributed by atoms with Crippen molar-refractivity contribution in [3.05, 3.63) is 40.3 Å². The first-order chi connectivity index (χ1) is 4.74. The Bertz CT molecular complexity index is 298. The highest BCUT2D eigenvalue weighted by Crippen LogP contribution is 1.93. The highest BCUT2D eigenvalue weighted by Gasteiger charge is 1.91. The number of hydrogen-bond acceptors (Lipinski definition) is 1. The highest BCUT2D eigenvalue weighted by molar-refractivity contribution is 5.44. The van der Waals surface area contributed by atoms with Crippen LogP contribution >= 0.6 is 0 Å². The summed E-state index contributed by atoms with van der Waals surface area (Å²) in [6, 6.07) is 3.60. The Morgan fingerprint density at radius 3 is 2.80 bits per heavy atom. The van der Waals surface area contributed by atoms with Crippen LogP contribution in [0.3, 0.4) is 0 Å². The molecule has 0 spiro atoms. The van der Waals surface area contributed by atoms with E-state index in [1.54, 1.807) is 6.07 Å². The van der Waals surface area contributed by atoms with E-state index >= 15 is 0 Å². The maximum absolute atomic E-state index is 10.9. The van der Waals surface area contributed by atoms with Crippen LogP contribution in [0.4, 0.5) is 0 Å². The molecule has 0 unspecified atom stereocenters. The quantitative estimate of drug-likeness (QED) is 0.619. The van der Waals surface area contributed by atoms with Crippen molar-refractivity contribution in [3.8, 4) is 0 Å². The summed E-state index contributed by atoms with van der Waals surface area (Å²) in [5.74, 6) is 0. The van der Waals surface area contributed by atoms with Gasteiger partial charge in [0.1, 0.15) is 0 Å². The topological polar surface area (TPSA) is 32.9 Å². The third kappa shape index (κ3) is 1.16. The van der Waals surface area contributed by atoms with E-state index in [2.05, 4.69) is 11.6 Å². The molecule has 1 aromatic heterocycles. The van der Waals surface area contributed by atoms with Crippen LogP contribution in [-0.4, -0.2) is 4.98 Å². The maximum atomic E-state index is 10.9. The number of aromatic nitrogens is 1. The number of aromatic amines is 1. The summed E-state index contributed by atoms with van der Waals surface area (Å²) in [7, 11) is 0. The van der Waals surface area contributed by atoms with Crippen LogP contribution < -0.4 is 5.56 Å². The first-order valence-corrected chi connectivity index (χ1v) is 3.06. The average Bonchev–Trinajstić information content (AvgIpc) is 1.88. The predicted molar refractivity (Wildman–Crippen MR) is 41.9 cm³/mol. The molecule has 1 rings (SSSR count). The standard InChI is InChI=1S/C8H9NO/c1-3-7-5-4-6(2)9-8(7)10/h3-5H,1H2,2H3,(H,9,10). The summed E-state index contributed by atoms with van der Waals surface area (Å²) in [5.41, 5.74) is 1.41. The smallest absolute Gasteiger partial charge is 0.255 e. The maximum Gasteiger partial charge on any atom is 0.255 e. The second-order valence-electron chi connectivity index (χ2n) is 2.13. The zero-order chi connectivity index (χ0) is 7.56. The van der Waals surface area contributed by atoms with Crippen molar-refractivity contribution in [3.63, 3.8) is 0 Å². The molecule has 0 aliphatic carbocycles. The summed E-state index contributed by atoms with van der Waals surface area (Å²) in [5, 5.41) is 0. The van der Waals surface area contributed by atoms with Crippen LogP contribution in [0.1, 0.15) is 11.3 Å². The van der Waals surface area contributed by atoms with Crippen molar-refractivity contribution in [2.75, 3.05) is 0 Å². The molecular formula is C8H9NO. The summed E-state index contributed by atoms with van der Waals surface area (Å²) >= 11 is 0. The van der Waals surface area contributed by atoms with Crippen molar-refractivity contribution < 1.29 is 0 Å². The third-order valence-corrected chi connectivity index (χ3v) is 1.31. The third-order valence-electron chi connectivity index (χ3n) is 1.31. The van der Waals surface area contributed by atoms with E-state index in [0.717, 1.165) is 5.69 Å². The fraction of sp³-hybridized carbons (Fsp3) is 0.125. The molecule has 0 bridgehead atoms. The molecule has 0 aliphatic heterocycles. The van der Waals surface area contributed by atoms with Gasteiger partial charge >= 0.3 is 0 Å². The lowest BCUT2D eigenvalue weighted by molar-refractivity contribution is 1.13. The van der Waals surface area contributed by atoms with Crippen molar-refractivity contribution in [1.82, 2.24) is 4.98 Å². The van der Waals surface area contributed by atoms with Gasteiger partial charge in [0, 0.05) is 11.3 Å². The molecule has 1 N–H and O–H groups in total. The number of pyridine rings is 1. The molecule has 0 saturated heterocycles. The fourth-order valence-electron chi connectivity index (χ4n) is 0.744. The molecule has 10 heavy (non-hydrogen) atoms. The molecule has 1 aromatic rings. The summed E-state index contributed by atoms with van der Waals surface area (Å²) in [4.78, 5) is 13.6. The molecular weight excluding hydrogens is 126 g/mol. The van der Waals surface area contributed by atoms with E-state index < -0.39 is 0 Å². The van der Waals surface area contributed by atoms with Gasteiger partial charge in [-0.2, -0.15) is 0 Å². The normalized spacial score (nSPS) is 9.30. The monoisotopic (exact) mass is 135 g/mol. The molecule has 1 heterocycles. The largest absolute Gasteiger partial charge is 0.326 e. The molecule has 0 radical (unpaired) electrons. The number of H-pyrrole nitrogens is 1. The summed E-state index contributed by atoms with van der Waals surface area (Å²) in [6.45, 7) is 5.34. The van der Waals surface area contributed by atoms with E-state index in [9.17, 15) is 4.79 Å². The van der Waals surface area contributed by atoms with E-state index in [-0.39, 0.29) is 5.56 Å². The molecule has 0 fully saturated rings. The van der Waals surface area contributed by atoms with Gasteiger partial charge in [0.05, 0.1) is 0 Å². The van der Waals surface area contributed by atoms with Crippen molar-refractivity contribution >= 4 is 6.08 Å². The highest BCUT2D eigenvalue weighted by atomic mass is 16.1. The molecule has 52 valence electrons. The molecule has 0 aliphatic rings. The lowest BCUT2D eigenvalue weighted by atomic mass is 10.2. The molecule has 2 nitrogen and oxygen atoms in total. The van der Waals surface area contributed by atoms with Gasteiger partial charge in [0.25, 0.3) is 5.56 Å². The Balaban J connectivity index is 3.33. The SMILES string of the molecule is C=Cc1ccc(C)[nH]c1=O. The Morgan fingerprint density at radius 2 is 2.30 bits per heavy atom. The minimum atomic E-state index is -0.0741. The second-order valence-corrected chi connectivity index (χ2v) is 2.13. The van der Waals surface area contributed by atoms with Gasteiger partial charge in [-0.3, -0.25) is 4.79 Å². The van der Waals surface area contributed by atoms with Crippen LogP contribution in [0, 0.1) is 6.92 Å². The van der Waals surface area contributed by atoms with Crippen LogP contribution in [0.2, 0.25) is 0 Å². The van der Waals surface area contributed by atoms with Gasteiger partial charge in [-0.25, -0.2) is 0 Å². The first kappa shape index (κ1) is 6.81. The minimum Gasteiger partial charge on any atom is -0.326 e. The Morgan fingerprint density at radius 1 is 1.60 bits per heavy atom. The Labute approximate surface area is 59.2 Å². The van der Waals surface area contributed by atoms with E-state index in [0.29, 0.717) is 5.56 Å². The molecule has 0 aromatic carbocycles. The average molecular weight is 135 g/mol. The van der Waals surface area contributed by atoms with Crippen LogP contribution in [0.15, 0.2) is 23.5 Å². The van der Waals surface area contributed by atoms with Crippen LogP contribution in [-0.2, 0) is 0 Å². The zero-order valence-electron chi connectivity index (χ0n) is 5.85. The van der Waals surface area contributed by atoms with E-state index in [4.69, 9.17) is 0 Å². The van der Waals surface area contributed by atoms with E-state index in [1.165, 1.54) is 6.08 Å². The predicted octanol–water partition coefficient (Wildman–Crippen LogP) is 1.33. The minimum absolute atomic E-state index is 0.0741. The fourth-order valence-corrected chi connectivity index (χ4v) is 0.744. The summed E-state index contributed by atoms with van der Waals surface area (Å²) in [6.07, 6.45) is 1.54. The van der Waals surface area contributed by atoms with Crippen molar-refractivity contribution in [1.29, 1.82) is 0 Å². The molecule has 0 amide bonds. The lowest BCUT2D eigenvalue weighted by Gasteiger charge is -1.92. The van der Waals surface area contributed by atoms with Crippen LogP contribution in [0.5, 0.6) is 0 Å². The van der Waals surface area contributed by atoms with Crippen LogP contribution in [0.25, 0.3) is 6.08 Å². The lowest BCUT2D eigenvalue weighted by Crippen LogP contribution is -2.09. The number of hydrogen-bond donors (Lipinski definition) is 1. The zero-order valence-corrected chi connectivity index (χ0v) is 5.85.